The lowest BCUT2D eigenvalue weighted by Gasteiger charge is -2.33. The van der Waals surface area contributed by atoms with E-state index in [1.165, 1.54) is 0 Å². The summed E-state index contributed by atoms with van der Waals surface area (Å²) >= 11 is 3.57. The summed E-state index contributed by atoms with van der Waals surface area (Å²) in [5, 5.41) is 3.01. The number of benzene rings is 2. The van der Waals surface area contributed by atoms with Gasteiger partial charge in [0.2, 0.25) is 5.91 Å². The number of hydrogen-bond acceptors (Lipinski definition) is 4. The van der Waals surface area contributed by atoms with Crippen molar-refractivity contribution in [3.8, 4) is 11.5 Å². The van der Waals surface area contributed by atoms with Gasteiger partial charge in [-0.2, -0.15) is 0 Å². The van der Waals surface area contributed by atoms with Gasteiger partial charge in [0.15, 0.2) is 6.61 Å². The molecule has 192 valence electrons. The van der Waals surface area contributed by atoms with Crippen LogP contribution >= 0.6 is 15.9 Å². The van der Waals surface area contributed by atoms with E-state index in [1.54, 1.807) is 12.0 Å². The van der Waals surface area contributed by atoms with Crippen molar-refractivity contribution in [2.24, 2.45) is 0 Å². The largest absolute Gasteiger partial charge is 0.497 e. The number of amides is 2. The SMILES string of the molecule is CCC(C(=O)NC(C)(C)C)N(Cc1cccc(OC)c1)C(=O)COc1ccc(C(C)(C)C)cc1Br. The fourth-order valence-corrected chi connectivity index (χ4v) is 4.14. The minimum atomic E-state index is -0.636. The fourth-order valence-electron chi connectivity index (χ4n) is 3.65. The predicted octanol–water partition coefficient (Wildman–Crippen LogP) is 5.86. The Morgan fingerprint density at radius 3 is 2.29 bits per heavy atom. The first-order chi connectivity index (χ1) is 16.2. The second-order valence-corrected chi connectivity index (χ2v) is 11.6. The number of nitrogens with zero attached hydrogens (tertiary/aromatic N) is 1. The van der Waals surface area contributed by atoms with Crippen molar-refractivity contribution in [1.29, 1.82) is 0 Å². The van der Waals surface area contributed by atoms with Gasteiger partial charge in [0.05, 0.1) is 11.6 Å². The quantitative estimate of drug-likeness (QED) is 0.428. The van der Waals surface area contributed by atoms with Crippen LogP contribution in [0.5, 0.6) is 11.5 Å². The Hall–Kier alpha value is -2.54. The minimum absolute atomic E-state index is 0.000821. The summed E-state index contributed by atoms with van der Waals surface area (Å²) in [7, 11) is 1.60. The Balaban J connectivity index is 2.29. The van der Waals surface area contributed by atoms with E-state index in [9.17, 15) is 9.59 Å². The van der Waals surface area contributed by atoms with Crippen molar-refractivity contribution >= 4 is 27.7 Å². The number of halogens is 1. The van der Waals surface area contributed by atoms with Gasteiger partial charge in [0.1, 0.15) is 17.5 Å². The molecule has 2 amide bonds. The predicted molar refractivity (Wildman–Crippen MR) is 144 cm³/mol. The highest BCUT2D eigenvalue weighted by Crippen LogP contribution is 2.31. The molecule has 0 spiro atoms. The molecule has 0 aliphatic carbocycles. The van der Waals surface area contributed by atoms with E-state index in [1.807, 2.05) is 70.2 Å². The maximum Gasteiger partial charge on any atom is 0.261 e. The minimum Gasteiger partial charge on any atom is -0.497 e. The molecule has 6 nitrogen and oxygen atoms in total. The van der Waals surface area contributed by atoms with E-state index in [4.69, 9.17) is 9.47 Å². The molecule has 0 radical (unpaired) electrons. The number of carbonyl (C=O) groups is 2. The zero-order chi connectivity index (χ0) is 26.4. The molecule has 7 heteroatoms. The van der Waals surface area contributed by atoms with Crippen molar-refractivity contribution in [2.45, 2.75) is 78.4 Å². The summed E-state index contributed by atoms with van der Waals surface area (Å²) < 4.78 is 12.0. The molecule has 2 rings (SSSR count). The van der Waals surface area contributed by atoms with Crippen LogP contribution in [0.25, 0.3) is 0 Å². The van der Waals surface area contributed by atoms with Crippen molar-refractivity contribution in [1.82, 2.24) is 10.2 Å². The van der Waals surface area contributed by atoms with E-state index in [-0.39, 0.29) is 30.4 Å². The van der Waals surface area contributed by atoms with Crippen molar-refractivity contribution in [2.75, 3.05) is 13.7 Å². The molecule has 1 N–H and O–H groups in total. The summed E-state index contributed by atoms with van der Waals surface area (Å²) in [4.78, 5) is 28.2. The van der Waals surface area contributed by atoms with Crippen LogP contribution in [0.4, 0.5) is 0 Å². The monoisotopic (exact) mass is 546 g/mol. The molecule has 0 bridgehead atoms. The first-order valence-corrected chi connectivity index (χ1v) is 12.7. The van der Waals surface area contributed by atoms with E-state index in [0.29, 0.717) is 17.9 Å². The number of carbonyl (C=O) groups excluding carboxylic acids is 2. The zero-order valence-electron chi connectivity index (χ0n) is 22.2. The van der Waals surface area contributed by atoms with Gasteiger partial charge in [-0.3, -0.25) is 9.59 Å². The lowest BCUT2D eigenvalue weighted by molar-refractivity contribution is -0.143. The normalized spacial score (nSPS) is 12.6. The Bertz CT molecular complexity index is 1020. The fraction of sp³-hybridized carbons (Fsp3) is 0.500. The average Bonchev–Trinajstić information content (AvgIpc) is 2.76. The number of rotatable bonds is 9. The molecule has 2 aromatic carbocycles. The maximum atomic E-state index is 13.5. The van der Waals surface area contributed by atoms with Crippen LogP contribution in [0.2, 0.25) is 0 Å². The van der Waals surface area contributed by atoms with Gasteiger partial charge in [0.25, 0.3) is 5.91 Å². The summed E-state index contributed by atoms with van der Waals surface area (Å²) in [6, 6.07) is 12.8. The third-order valence-corrected chi connectivity index (χ3v) is 6.14. The highest BCUT2D eigenvalue weighted by atomic mass is 79.9. The lowest BCUT2D eigenvalue weighted by Crippen LogP contribution is -2.54. The summed E-state index contributed by atoms with van der Waals surface area (Å²) in [6.07, 6.45) is 0.474. The Morgan fingerprint density at radius 2 is 1.74 bits per heavy atom. The third kappa shape index (κ3) is 8.57. The second-order valence-electron chi connectivity index (χ2n) is 10.7. The van der Waals surface area contributed by atoms with Crippen LogP contribution in [0.15, 0.2) is 46.9 Å². The summed E-state index contributed by atoms with van der Waals surface area (Å²) in [5.74, 6) is 0.823. The number of ether oxygens (including phenoxy) is 2. The van der Waals surface area contributed by atoms with Gasteiger partial charge in [-0.25, -0.2) is 0 Å². The first-order valence-electron chi connectivity index (χ1n) is 11.9. The molecule has 0 saturated heterocycles. The molecule has 2 aromatic rings. The lowest BCUT2D eigenvalue weighted by atomic mass is 9.87. The summed E-state index contributed by atoms with van der Waals surface area (Å²) in [6.45, 7) is 14.2. The Labute approximate surface area is 218 Å². The summed E-state index contributed by atoms with van der Waals surface area (Å²) in [5.41, 5.74) is 1.62. The van der Waals surface area contributed by atoms with Crippen molar-refractivity contribution in [3.05, 3.63) is 58.1 Å². The van der Waals surface area contributed by atoms with Gasteiger partial charge in [-0.05, 0) is 83.9 Å². The van der Waals surface area contributed by atoms with E-state index in [0.717, 1.165) is 15.6 Å². The van der Waals surface area contributed by atoms with E-state index < -0.39 is 11.6 Å². The smallest absolute Gasteiger partial charge is 0.261 e. The zero-order valence-corrected chi connectivity index (χ0v) is 23.8. The molecule has 1 atom stereocenters. The van der Waals surface area contributed by atoms with Gasteiger partial charge >= 0.3 is 0 Å². The van der Waals surface area contributed by atoms with Gasteiger partial charge in [-0.15, -0.1) is 0 Å². The molecule has 0 aromatic heterocycles. The molecule has 35 heavy (non-hydrogen) atoms. The van der Waals surface area contributed by atoms with Gasteiger partial charge in [-0.1, -0.05) is 45.9 Å². The molecule has 0 aliphatic rings. The van der Waals surface area contributed by atoms with Crippen LogP contribution in [0.3, 0.4) is 0 Å². The Kier molecular flexibility index (Phi) is 9.78. The molecule has 0 heterocycles. The average molecular weight is 548 g/mol. The number of nitrogens with one attached hydrogen (secondary N) is 1. The van der Waals surface area contributed by atoms with Gasteiger partial charge < -0.3 is 19.7 Å². The molecule has 0 aliphatic heterocycles. The number of methoxy groups -OCH3 is 1. The topological polar surface area (TPSA) is 67.9 Å². The van der Waals surface area contributed by atoms with E-state index in [2.05, 4.69) is 42.0 Å². The van der Waals surface area contributed by atoms with Crippen LogP contribution in [0.1, 0.15) is 66.0 Å². The van der Waals surface area contributed by atoms with Gasteiger partial charge in [0, 0.05) is 12.1 Å². The molecule has 0 saturated carbocycles. The highest BCUT2D eigenvalue weighted by molar-refractivity contribution is 9.10. The van der Waals surface area contributed by atoms with Crippen LogP contribution < -0.4 is 14.8 Å². The number of hydrogen-bond donors (Lipinski definition) is 1. The highest BCUT2D eigenvalue weighted by Gasteiger charge is 2.31. The molecular formula is C28H39BrN2O4. The maximum absolute atomic E-state index is 13.5. The van der Waals surface area contributed by atoms with E-state index >= 15 is 0 Å². The van der Waals surface area contributed by atoms with Crippen LogP contribution in [-0.2, 0) is 21.5 Å². The Morgan fingerprint density at radius 1 is 1.06 bits per heavy atom. The molecular weight excluding hydrogens is 508 g/mol. The third-order valence-electron chi connectivity index (χ3n) is 5.52. The first kappa shape index (κ1) is 28.7. The second kappa shape index (κ2) is 11.9. The molecule has 1 unspecified atom stereocenters. The van der Waals surface area contributed by atoms with Crippen molar-refractivity contribution < 1.29 is 19.1 Å². The van der Waals surface area contributed by atoms with Crippen molar-refractivity contribution in [3.63, 3.8) is 0 Å². The standard InChI is InChI=1S/C28H39BrN2O4/c1-9-23(26(33)30-28(5,6)7)31(17-19-11-10-12-21(15-19)34-8)25(32)18-35-24-14-13-20(16-22(24)29)27(2,3)4/h10-16,23H,9,17-18H2,1-8H3,(H,30,33). The van der Waals surface area contributed by atoms with Crippen LogP contribution in [0, 0.1) is 0 Å². The molecule has 0 fully saturated rings. The van der Waals surface area contributed by atoms with Crippen LogP contribution in [-0.4, -0.2) is 42.0 Å².